The van der Waals surface area contributed by atoms with Crippen LogP contribution in [-0.4, -0.2) is 25.4 Å². The van der Waals surface area contributed by atoms with Crippen LogP contribution < -0.4 is 10.1 Å². The van der Waals surface area contributed by atoms with Crippen molar-refractivity contribution in [3.63, 3.8) is 0 Å². The summed E-state index contributed by atoms with van der Waals surface area (Å²) in [6.45, 7) is 8.32. The molecular weight excluding hydrogens is 238 g/mol. The first-order valence-electron chi connectivity index (χ1n) is 7.23. The lowest BCUT2D eigenvalue weighted by atomic mass is 10.1. The van der Waals surface area contributed by atoms with Crippen LogP contribution in [0.5, 0.6) is 5.75 Å². The highest BCUT2D eigenvalue weighted by atomic mass is 16.5. The van der Waals surface area contributed by atoms with Gasteiger partial charge >= 0.3 is 0 Å². The zero-order valence-electron chi connectivity index (χ0n) is 12.2. The summed E-state index contributed by atoms with van der Waals surface area (Å²) in [6, 6.07) is 7.05. The molecule has 0 saturated heterocycles. The first-order chi connectivity index (χ1) is 9.16. The number of aryl methyl sites for hydroxylation is 1. The molecule has 1 aliphatic rings. The molecule has 1 fully saturated rings. The number of para-hydroxylation sites is 1. The van der Waals surface area contributed by atoms with Crippen LogP contribution in [-0.2, 0) is 11.3 Å². The molecule has 19 heavy (non-hydrogen) atoms. The summed E-state index contributed by atoms with van der Waals surface area (Å²) in [4.78, 5) is 0. The van der Waals surface area contributed by atoms with Gasteiger partial charge in [-0.25, -0.2) is 0 Å². The molecule has 0 heterocycles. The number of rotatable bonds is 8. The number of ether oxygens (including phenoxy) is 2. The summed E-state index contributed by atoms with van der Waals surface area (Å²) in [7, 11) is 0. The van der Waals surface area contributed by atoms with Gasteiger partial charge in [-0.05, 0) is 39.2 Å². The van der Waals surface area contributed by atoms with Gasteiger partial charge in [0.2, 0.25) is 0 Å². The lowest BCUT2D eigenvalue weighted by Crippen LogP contribution is -2.17. The molecular formula is C16H25NO2. The molecule has 0 radical (unpaired) electrons. The highest BCUT2D eigenvalue weighted by molar-refractivity contribution is 5.40. The highest BCUT2D eigenvalue weighted by Gasteiger charge is 2.20. The van der Waals surface area contributed by atoms with Crippen LogP contribution in [0.1, 0.15) is 37.8 Å². The third-order valence-electron chi connectivity index (χ3n) is 3.23. The van der Waals surface area contributed by atoms with Crippen LogP contribution in [0, 0.1) is 6.92 Å². The number of nitrogens with one attached hydrogen (secondary N) is 1. The Labute approximate surface area is 116 Å². The second-order valence-electron chi connectivity index (χ2n) is 5.49. The summed E-state index contributed by atoms with van der Waals surface area (Å²) in [5, 5.41) is 3.54. The minimum absolute atomic E-state index is 0.261. The largest absolute Gasteiger partial charge is 0.491 e. The minimum atomic E-state index is 0.261. The van der Waals surface area contributed by atoms with Gasteiger partial charge in [-0.2, -0.15) is 0 Å². The molecule has 0 amide bonds. The van der Waals surface area contributed by atoms with Gasteiger partial charge in [0, 0.05) is 18.2 Å². The Kier molecular flexibility index (Phi) is 5.23. The molecule has 0 spiro atoms. The molecule has 0 bridgehead atoms. The Hall–Kier alpha value is -1.06. The average molecular weight is 263 g/mol. The molecule has 1 aliphatic carbocycles. The quantitative estimate of drug-likeness (QED) is 0.731. The zero-order valence-corrected chi connectivity index (χ0v) is 12.2. The maximum absolute atomic E-state index is 5.91. The molecule has 1 aromatic carbocycles. The van der Waals surface area contributed by atoms with Crippen molar-refractivity contribution in [1.29, 1.82) is 0 Å². The third kappa shape index (κ3) is 4.84. The fourth-order valence-corrected chi connectivity index (χ4v) is 2.03. The van der Waals surface area contributed by atoms with Crippen LogP contribution in [0.4, 0.5) is 0 Å². The van der Waals surface area contributed by atoms with E-state index in [-0.39, 0.29) is 6.10 Å². The van der Waals surface area contributed by atoms with Crippen molar-refractivity contribution in [3.05, 3.63) is 29.3 Å². The molecule has 1 saturated carbocycles. The normalized spacial score (nSPS) is 14.9. The Morgan fingerprint density at radius 3 is 2.74 bits per heavy atom. The van der Waals surface area contributed by atoms with Gasteiger partial charge in [0.15, 0.2) is 0 Å². The summed E-state index contributed by atoms with van der Waals surface area (Å²) in [5.74, 6) is 1.02. The first kappa shape index (κ1) is 14.4. The van der Waals surface area contributed by atoms with Crippen molar-refractivity contribution in [2.45, 2.75) is 52.3 Å². The molecule has 0 unspecified atom stereocenters. The Balaban J connectivity index is 1.88. The van der Waals surface area contributed by atoms with Crippen LogP contribution in [0.2, 0.25) is 0 Å². The topological polar surface area (TPSA) is 30.5 Å². The predicted molar refractivity (Wildman–Crippen MR) is 77.6 cm³/mol. The van der Waals surface area contributed by atoms with Gasteiger partial charge in [0.1, 0.15) is 12.4 Å². The van der Waals surface area contributed by atoms with Gasteiger partial charge in [-0.1, -0.05) is 18.2 Å². The van der Waals surface area contributed by atoms with E-state index in [1.165, 1.54) is 24.0 Å². The Bertz CT molecular complexity index is 400. The van der Waals surface area contributed by atoms with Crippen LogP contribution in [0.3, 0.4) is 0 Å². The summed E-state index contributed by atoms with van der Waals surface area (Å²) >= 11 is 0. The van der Waals surface area contributed by atoms with Crippen molar-refractivity contribution in [1.82, 2.24) is 5.32 Å². The van der Waals surface area contributed by atoms with Gasteiger partial charge < -0.3 is 14.8 Å². The van der Waals surface area contributed by atoms with E-state index in [4.69, 9.17) is 9.47 Å². The molecule has 106 valence electrons. The van der Waals surface area contributed by atoms with Crippen molar-refractivity contribution >= 4 is 0 Å². The molecule has 0 aromatic heterocycles. The fourth-order valence-electron chi connectivity index (χ4n) is 2.03. The summed E-state index contributed by atoms with van der Waals surface area (Å²) in [5.41, 5.74) is 2.44. The van der Waals surface area contributed by atoms with Gasteiger partial charge in [0.25, 0.3) is 0 Å². The molecule has 0 aliphatic heterocycles. The van der Waals surface area contributed by atoms with Crippen molar-refractivity contribution in [3.8, 4) is 5.75 Å². The predicted octanol–water partition coefficient (Wildman–Crippen LogP) is 3.05. The van der Waals surface area contributed by atoms with Crippen LogP contribution >= 0.6 is 0 Å². The molecule has 3 nitrogen and oxygen atoms in total. The average Bonchev–Trinajstić information content (AvgIpc) is 3.17. The Morgan fingerprint density at radius 2 is 2.05 bits per heavy atom. The van der Waals surface area contributed by atoms with E-state index < -0.39 is 0 Å². The standard InChI is InChI=1S/C16H25NO2/c1-12(2)18-9-10-19-16-13(3)5-4-6-14(16)11-17-15-7-8-15/h4-6,12,15,17H,7-11H2,1-3H3. The monoisotopic (exact) mass is 263 g/mol. The van der Waals surface area contributed by atoms with Gasteiger partial charge in [0.05, 0.1) is 12.7 Å². The lowest BCUT2D eigenvalue weighted by Gasteiger charge is -2.15. The van der Waals surface area contributed by atoms with Gasteiger partial charge in [-0.15, -0.1) is 0 Å². The number of hydrogen-bond donors (Lipinski definition) is 1. The fraction of sp³-hybridized carbons (Fsp3) is 0.625. The van der Waals surface area contributed by atoms with Gasteiger partial charge in [-0.3, -0.25) is 0 Å². The molecule has 2 rings (SSSR count). The Morgan fingerprint density at radius 1 is 1.26 bits per heavy atom. The van der Waals surface area contributed by atoms with Crippen molar-refractivity contribution < 1.29 is 9.47 Å². The zero-order chi connectivity index (χ0) is 13.7. The van der Waals surface area contributed by atoms with Crippen molar-refractivity contribution in [2.75, 3.05) is 13.2 Å². The van der Waals surface area contributed by atoms with Crippen LogP contribution in [0.25, 0.3) is 0 Å². The van der Waals surface area contributed by atoms with E-state index in [9.17, 15) is 0 Å². The molecule has 3 heteroatoms. The third-order valence-corrected chi connectivity index (χ3v) is 3.23. The van der Waals surface area contributed by atoms with E-state index in [1.807, 2.05) is 13.8 Å². The van der Waals surface area contributed by atoms with E-state index in [0.29, 0.717) is 13.2 Å². The van der Waals surface area contributed by atoms with E-state index in [0.717, 1.165) is 18.3 Å². The summed E-state index contributed by atoms with van der Waals surface area (Å²) in [6.07, 6.45) is 2.88. The summed E-state index contributed by atoms with van der Waals surface area (Å²) < 4.78 is 11.4. The maximum atomic E-state index is 5.91. The highest BCUT2D eigenvalue weighted by Crippen LogP contribution is 2.25. The minimum Gasteiger partial charge on any atom is -0.491 e. The molecule has 0 atom stereocenters. The SMILES string of the molecule is Cc1cccc(CNC2CC2)c1OCCOC(C)C. The van der Waals surface area contributed by atoms with E-state index in [1.54, 1.807) is 0 Å². The number of benzene rings is 1. The lowest BCUT2D eigenvalue weighted by molar-refractivity contribution is 0.0549. The molecule has 1 aromatic rings. The maximum Gasteiger partial charge on any atom is 0.126 e. The second kappa shape index (κ2) is 6.92. The smallest absolute Gasteiger partial charge is 0.126 e. The number of hydrogen-bond acceptors (Lipinski definition) is 3. The van der Waals surface area contributed by atoms with Crippen LogP contribution in [0.15, 0.2) is 18.2 Å². The molecule has 1 N–H and O–H groups in total. The van der Waals surface area contributed by atoms with E-state index >= 15 is 0 Å². The first-order valence-corrected chi connectivity index (χ1v) is 7.23. The van der Waals surface area contributed by atoms with E-state index in [2.05, 4.69) is 30.4 Å². The second-order valence-corrected chi connectivity index (χ2v) is 5.49. The van der Waals surface area contributed by atoms with Crippen molar-refractivity contribution in [2.24, 2.45) is 0 Å².